The van der Waals surface area contributed by atoms with Crippen LogP contribution in [0.15, 0.2) is 145 Å². The summed E-state index contributed by atoms with van der Waals surface area (Å²) in [5, 5.41) is 4.64. The van der Waals surface area contributed by atoms with Crippen LogP contribution in [0.1, 0.15) is 39.9 Å². The molecule has 5 heteroatoms. The van der Waals surface area contributed by atoms with Gasteiger partial charge in [-0.05, 0) is 39.9 Å². The Balaban J connectivity index is 1.18. The molecule has 0 spiro atoms. The summed E-state index contributed by atoms with van der Waals surface area (Å²) < 4.78 is 12.5. The topological polar surface area (TPSA) is 42.8 Å². The minimum absolute atomic E-state index is 0.0274. The van der Waals surface area contributed by atoms with Crippen LogP contribution in [0.5, 0.6) is 11.5 Å². The third-order valence-electron chi connectivity index (χ3n) is 7.01. The molecule has 1 heterocycles. The van der Waals surface area contributed by atoms with Gasteiger partial charge in [0.15, 0.2) is 16.7 Å². The van der Waals surface area contributed by atoms with Crippen molar-refractivity contribution in [3.8, 4) is 11.5 Å². The van der Waals surface area contributed by atoms with E-state index in [1.807, 2.05) is 48.5 Å². The molecule has 204 valence electrons. The second kappa shape index (κ2) is 13.2. The molecule has 1 aliphatic rings. The Kier molecular flexibility index (Phi) is 8.64. The third kappa shape index (κ3) is 7.00. The summed E-state index contributed by atoms with van der Waals surface area (Å²) in [6.07, 6.45) is 0. The smallest absolute Gasteiger partial charge is 0.162 e. The first-order chi connectivity index (χ1) is 20.3. The molecule has 2 atom stereocenters. The average molecular weight is 557 g/mol. The number of hydrogen-bond acceptors (Lipinski definition) is 5. The Morgan fingerprint density at radius 2 is 1.10 bits per heavy atom. The lowest BCUT2D eigenvalue weighted by atomic mass is 9.95. The zero-order chi connectivity index (χ0) is 27.7. The van der Waals surface area contributed by atoms with Crippen LogP contribution in [-0.4, -0.2) is 5.17 Å². The molecular formula is C36H32N2O2S. The summed E-state index contributed by atoms with van der Waals surface area (Å²) >= 11 is 1.72. The van der Waals surface area contributed by atoms with Crippen LogP contribution in [0, 0.1) is 0 Å². The highest BCUT2D eigenvalue weighted by Gasteiger charge is 2.31. The zero-order valence-corrected chi connectivity index (χ0v) is 23.5. The van der Waals surface area contributed by atoms with Crippen molar-refractivity contribution in [2.24, 2.45) is 4.99 Å². The van der Waals surface area contributed by atoms with Crippen LogP contribution in [0.25, 0.3) is 0 Å². The standard InChI is InChI=1S/C36H32N2O2S/c1-5-13-27(14-6-1)24-39-32-22-21-29(23-33(32)40-25-28-15-7-2-8-16-28)26-41-36-37-34(30-17-9-3-10-18-30)35(38-36)31-19-11-4-12-20-31/h1-23,34-35H,24-26H2,(H,37,38). The fraction of sp³-hybridized carbons (Fsp3) is 0.139. The van der Waals surface area contributed by atoms with E-state index in [4.69, 9.17) is 14.5 Å². The van der Waals surface area contributed by atoms with E-state index in [-0.39, 0.29) is 12.1 Å². The van der Waals surface area contributed by atoms with Crippen molar-refractivity contribution in [1.82, 2.24) is 5.32 Å². The van der Waals surface area contributed by atoms with Gasteiger partial charge in [0, 0.05) is 5.75 Å². The van der Waals surface area contributed by atoms with Crippen molar-refractivity contribution >= 4 is 16.9 Å². The number of amidine groups is 1. The normalized spacial score (nSPS) is 16.0. The molecule has 0 aromatic heterocycles. The van der Waals surface area contributed by atoms with Crippen molar-refractivity contribution in [2.45, 2.75) is 31.1 Å². The molecule has 6 rings (SSSR count). The lowest BCUT2D eigenvalue weighted by Crippen LogP contribution is -2.22. The van der Waals surface area contributed by atoms with Crippen LogP contribution in [0.2, 0.25) is 0 Å². The molecule has 41 heavy (non-hydrogen) atoms. The molecular weight excluding hydrogens is 524 g/mol. The molecule has 5 aromatic rings. The van der Waals surface area contributed by atoms with Crippen molar-refractivity contribution in [3.63, 3.8) is 0 Å². The molecule has 0 bridgehead atoms. The second-order valence-corrected chi connectivity index (χ2v) is 10.9. The number of nitrogens with zero attached hydrogens (tertiary/aromatic N) is 1. The maximum Gasteiger partial charge on any atom is 0.162 e. The first-order valence-corrected chi connectivity index (χ1v) is 14.8. The molecule has 1 aliphatic heterocycles. The van der Waals surface area contributed by atoms with E-state index in [2.05, 4.69) is 96.3 Å². The van der Waals surface area contributed by atoms with E-state index in [1.165, 1.54) is 11.1 Å². The number of thioether (sulfide) groups is 1. The highest BCUT2D eigenvalue weighted by atomic mass is 32.2. The minimum Gasteiger partial charge on any atom is -0.485 e. The number of nitrogens with one attached hydrogen (secondary N) is 1. The van der Waals surface area contributed by atoms with E-state index in [0.717, 1.165) is 39.1 Å². The molecule has 0 saturated heterocycles. The van der Waals surface area contributed by atoms with E-state index >= 15 is 0 Å². The first-order valence-electron chi connectivity index (χ1n) is 13.9. The predicted octanol–water partition coefficient (Wildman–Crippen LogP) is 8.52. The van der Waals surface area contributed by atoms with Gasteiger partial charge in [0.2, 0.25) is 0 Å². The van der Waals surface area contributed by atoms with Gasteiger partial charge < -0.3 is 14.8 Å². The van der Waals surface area contributed by atoms with Crippen LogP contribution in [0.4, 0.5) is 0 Å². The largest absolute Gasteiger partial charge is 0.485 e. The zero-order valence-electron chi connectivity index (χ0n) is 22.7. The Bertz CT molecular complexity index is 1560. The van der Waals surface area contributed by atoms with Crippen molar-refractivity contribution in [2.75, 3.05) is 0 Å². The molecule has 5 aromatic carbocycles. The predicted molar refractivity (Wildman–Crippen MR) is 168 cm³/mol. The van der Waals surface area contributed by atoms with Crippen LogP contribution >= 0.6 is 11.8 Å². The van der Waals surface area contributed by atoms with Gasteiger partial charge in [-0.3, -0.25) is 4.99 Å². The van der Waals surface area contributed by atoms with E-state index in [0.29, 0.717) is 13.2 Å². The van der Waals surface area contributed by atoms with Crippen molar-refractivity contribution in [3.05, 3.63) is 167 Å². The van der Waals surface area contributed by atoms with E-state index < -0.39 is 0 Å². The monoisotopic (exact) mass is 556 g/mol. The summed E-state index contributed by atoms with van der Waals surface area (Å²) in [7, 11) is 0. The van der Waals surface area contributed by atoms with Gasteiger partial charge in [-0.1, -0.05) is 139 Å². The summed E-state index contributed by atoms with van der Waals surface area (Å²) in [5.74, 6) is 2.24. The number of benzene rings is 5. The lowest BCUT2D eigenvalue weighted by molar-refractivity contribution is 0.256. The van der Waals surface area contributed by atoms with Gasteiger partial charge >= 0.3 is 0 Å². The van der Waals surface area contributed by atoms with E-state index in [1.54, 1.807) is 11.8 Å². The van der Waals surface area contributed by atoms with Gasteiger partial charge in [0.1, 0.15) is 19.3 Å². The van der Waals surface area contributed by atoms with Crippen LogP contribution in [-0.2, 0) is 19.0 Å². The average Bonchev–Trinajstić information content (AvgIpc) is 3.48. The Morgan fingerprint density at radius 1 is 0.561 bits per heavy atom. The second-order valence-electron chi connectivity index (χ2n) is 9.94. The van der Waals surface area contributed by atoms with Crippen LogP contribution < -0.4 is 14.8 Å². The maximum absolute atomic E-state index is 6.29. The maximum atomic E-state index is 6.29. The molecule has 0 aliphatic carbocycles. The highest BCUT2D eigenvalue weighted by molar-refractivity contribution is 8.13. The molecule has 1 N–H and O–H groups in total. The molecule has 2 unspecified atom stereocenters. The van der Waals surface area contributed by atoms with Gasteiger partial charge in [0.25, 0.3) is 0 Å². The Labute approximate surface area is 246 Å². The van der Waals surface area contributed by atoms with Gasteiger partial charge in [0.05, 0.1) is 6.04 Å². The molecule has 0 saturated carbocycles. The van der Waals surface area contributed by atoms with Gasteiger partial charge in [-0.2, -0.15) is 0 Å². The van der Waals surface area contributed by atoms with Gasteiger partial charge in [-0.25, -0.2) is 0 Å². The number of aliphatic imine (C=N–C) groups is 1. The lowest BCUT2D eigenvalue weighted by Gasteiger charge is -2.19. The Hall–Kier alpha value is -4.48. The third-order valence-corrected chi connectivity index (χ3v) is 7.98. The number of hydrogen-bond donors (Lipinski definition) is 1. The Morgan fingerprint density at radius 3 is 1.71 bits per heavy atom. The molecule has 0 amide bonds. The van der Waals surface area contributed by atoms with Crippen LogP contribution in [0.3, 0.4) is 0 Å². The van der Waals surface area contributed by atoms with Gasteiger partial charge in [-0.15, -0.1) is 0 Å². The van der Waals surface area contributed by atoms with Crippen molar-refractivity contribution in [1.29, 1.82) is 0 Å². The van der Waals surface area contributed by atoms with Crippen molar-refractivity contribution < 1.29 is 9.47 Å². The van der Waals surface area contributed by atoms with E-state index in [9.17, 15) is 0 Å². The molecule has 0 fully saturated rings. The fourth-order valence-corrected chi connectivity index (χ4v) is 5.75. The number of ether oxygens (including phenoxy) is 2. The summed E-state index contributed by atoms with van der Waals surface area (Å²) in [5.41, 5.74) is 5.82. The summed E-state index contributed by atoms with van der Waals surface area (Å²) in [6, 6.07) is 47.8. The SMILES string of the molecule is c1ccc(COc2ccc(CSC3=NC(c4ccccc4)C(c4ccccc4)N3)cc2OCc2ccccc2)cc1. The molecule has 4 nitrogen and oxygen atoms in total. The summed E-state index contributed by atoms with van der Waals surface area (Å²) in [4.78, 5) is 5.12. The fourth-order valence-electron chi connectivity index (χ4n) is 4.87. The highest BCUT2D eigenvalue weighted by Crippen LogP contribution is 2.38. The number of rotatable bonds is 10. The summed E-state index contributed by atoms with van der Waals surface area (Å²) in [6.45, 7) is 0.962. The minimum atomic E-state index is 0.0274. The molecule has 0 radical (unpaired) electrons. The first kappa shape index (κ1) is 26.7. The quantitative estimate of drug-likeness (QED) is 0.187.